The number of hydrogen-bond donors (Lipinski definition) is 0. The third-order valence-electron chi connectivity index (χ3n) is 3.44. The number of allylic oxidation sites excluding steroid dienone is 2. The molecule has 0 aromatic heterocycles. The Labute approximate surface area is 143 Å². The second kappa shape index (κ2) is 18.9. The van der Waals surface area contributed by atoms with E-state index in [4.69, 9.17) is 16.0 Å². The molecule has 0 heterocycles. The molecule has 23 heavy (non-hydrogen) atoms. The number of rotatable bonds is 16. The molecule has 0 unspecified atom stereocenters. The molecule has 0 rings (SSSR count). The van der Waals surface area contributed by atoms with Crippen LogP contribution in [-0.4, -0.2) is 26.0 Å². The molecule has 0 saturated heterocycles. The van der Waals surface area contributed by atoms with E-state index < -0.39 is 0 Å². The van der Waals surface area contributed by atoms with Crippen molar-refractivity contribution in [2.75, 3.05) is 19.8 Å². The first-order chi connectivity index (χ1) is 11.3. The van der Waals surface area contributed by atoms with Crippen molar-refractivity contribution in [3.05, 3.63) is 35.7 Å². The minimum absolute atomic E-state index is 0.239. The van der Waals surface area contributed by atoms with Crippen molar-refractivity contribution in [1.29, 1.82) is 0 Å². The lowest BCUT2D eigenvalue weighted by atomic mass is 10.2. The average molecular weight is 322 g/mol. The summed E-state index contributed by atoms with van der Waals surface area (Å²) >= 11 is 0. The lowest BCUT2D eigenvalue weighted by Gasteiger charge is -2.15. The van der Waals surface area contributed by atoms with Crippen LogP contribution in [0, 0.1) is 6.57 Å². The van der Waals surface area contributed by atoms with Gasteiger partial charge in [0.15, 0.2) is 6.29 Å². The Kier molecular flexibility index (Phi) is 18.0. The fourth-order valence-electron chi connectivity index (χ4n) is 2.04. The lowest BCUT2D eigenvalue weighted by molar-refractivity contribution is -0.141. The van der Waals surface area contributed by atoms with Crippen LogP contribution in [0.2, 0.25) is 0 Å². The van der Waals surface area contributed by atoms with Crippen molar-refractivity contribution >= 4 is 0 Å². The SMILES string of the molecule is [C-]#[N+]CCC(OCC/C=C\CCCC)OCC/C=C\CCCC. The summed E-state index contributed by atoms with van der Waals surface area (Å²) in [4.78, 5) is 3.39. The van der Waals surface area contributed by atoms with Crippen molar-refractivity contribution in [2.24, 2.45) is 0 Å². The van der Waals surface area contributed by atoms with Crippen LogP contribution in [0.5, 0.6) is 0 Å². The van der Waals surface area contributed by atoms with E-state index in [1.807, 2.05) is 0 Å². The Hall–Kier alpha value is -1.11. The molecule has 0 aromatic carbocycles. The van der Waals surface area contributed by atoms with Gasteiger partial charge in [-0.2, -0.15) is 0 Å². The largest absolute Gasteiger partial charge is 0.352 e. The minimum Gasteiger partial charge on any atom is -0.352 e. The van der Waals surface area contributed by atoms with E-state index in [0.717, 1.165) is 25.7 Å². The minimum atomic E-state index is -0.239. The fraction of sp³-hybridized carbons (Fsp3) is 0.750. The van der Waals surface area contributed by atoms with Crippen molar-refractivity contribution < 1.29 is 9.47 Å². The molecular formula is C20H35NO2. The second-order valence-corrected chi connectivity index (χ2v) is 5.65. The Morgan fingerprint density at radius 2 is 1.30 bits per heavy atom. The second-order valence-electron chi connectivity index (χ2n) is 5.65. The molecule has 0 atom stereocenters. The highest BCUT2D eigenvalue weighted by Crippen LogP contribution is 2.05. The highest BCUT2D eigenvalue weighted by atomic mass is 16.7. The van der Waals surface area contributed by atoms with Crippen LogP contribution in [0.3, 0.4) is 0 Å². The topological polar surface area (TPSA) is 22.8 Å². The third kappa shape index (κ3) is 17.1. The molecule has 0 aromatic rings. The fourth-order valence-corrected chi connectivity index (χ4v) is 2.04. The smallest absolute Gasteiger partial charge is 0.219 e. The molecule has 132 valence electrons. The molecular weight excluding hydrogens is 286 g/mol. The van der Waals surface area contributed by atoms with Gasteiger partial charge in [0, 0.05) is 0 Å². The molecule has 3 heteroatoms. The van der Waals surface area contributed by atoms with Crippen LogP contribution in [0.25, 0.3) is 4.85 Å². The van der Waals surface area contributed by atoms with Gasteiger partial charge < -0.3 is 14.3 Å². The average Bonchev–Trinajstić information content (AvgIpc) is 2.57. The first-order valence-electron chi connectivity index (χ1n) is 9.21. The van der Waals surface area contributed by atoms with Crippen LogP contribution < -0.4 is 0 Å². The Morgan fingerprint density at radius 1 is 0.826 bits per heavy atom. The first-order valence-corrected chi connectivity index (χ1v) is 9.21. The molecule has 0 bridgehead atoms. The normalized spacial score (nSPS) is 11.7. The molecule has 0 aliphatic carbocycles. The highest BCUT2D eigenvalue weighted by Gasteiger charge is 2.10. The molecule has 0 saturated carbocycles. The number of unbranched alkanes of at least 4 members (excludes halogenated alkanes) is 4. The van der Waals surface area contributed by atoms with Crippen molar-refractivity contribution in [2.45, 2.75) is 77.9 Å². The standard InChI is InChI=1S/C20H35NO2/c1-4-6-8-10-12-14-18-22-20(16-17-21-3)23-19-15-13-11-9-7-5-2/h10-13,20H,4-9,14-19H2,1-2H3/b12-10-,13-11-. The van der Waals surface area contributed by atoms with Gasteiger partial charge in [-0.1, -0.05) is 63.8 Å². The molecule has 0 N–H and O–H groups in total. The van der Waals surface area contributed by atoms with Gasteiger partial charge in [-0.3, -0.25) is 0 Å². The van der Waals surface area contributed by atoms with Crippen molar-refractivity contribution in [3.8, 4) is 0 Å². The zero-order valence-electron chi connectivity index (χ0n) is 15.1. The summed E-state index contributed by atoms with van der Waals surface area (Å²) in [5.74, 6) is 0. The highest BCUT2D eigenvalue weighted by molar-refractivity contribution is 4.82. The van der Waals surface area contributed by atoms with Crippen LogP contribution in [0.1, 0.15) is 71.6 Å². The van der Waals surface area contributed by atoms with E-state index in [-0.39, 0.29) is 6.29 Å². The van der Waals surface area contributed by atoms with Crippen LogP contribution in [0.4, 0.5) is 0 Å². The van der Waals surface area contributed by atoms with Crippen molar-refractivity contribution in [1.82, 2.24) is 0 Å². The summed E-state index contributed by atoms with van der Waals surface area (Å²) in [6, 6.07) is 0. The van der Waals surface area contributed by atoms with E-state index in [1.165, 1.54) is 25.7 Å². The monoisotopic (exact) mass is 321 g/mol. The number of ether oxygens (including phenoxy) is 2. The van der Waals surface area contributed by atoms with Gasteiger partial charge in [0.25, 0.3) is 0 Å². The zero-order chi connectivity index (χ0) is 17.0. The van der Waals surface area contributed by atoms with E-state index in [0.29, 0.717) is 26.2 Å². The molecule has 0 fully saturated rings. The van der Waals surface area contributed by atoms with Gasteiger partial charge in [0.2, 0.25) is 6.54 Å². The Balaban J connectivity index is 3.77. The van der Waals surface area contributed by atoms with E-state index >= 15 is 0 Å². The van der Waals surface area contributed by atoms with E-state index in [1.54, 1.807) is 0 Å². The maximum Gasteiger partial charge on any atom is 0.219 e. The lowest BCUT2D eigenvalue weighted by Crippen LogP contribution is -2.19. The van der Waals surface area contributed by atoms with E-state index in [9.17, 15) is 0 Å². The van der Waals surface area contributed by atoms with Crippen molar-refractivity contribution in [3.63, 3.8) is 0 Å². The van der Waals surface area contributed by atoms with Gasteiger partial charge >= 0.3 is 0 Å². The molecule has 0 amide bonds. The number of hydrogen-bond acceptors (Lipinski definition) is 2. The quantitative estimate of drug-likeness (QED) is 0.152. The maximum atomic E-state index is 6.90. The summed E-state index contributed by atoms with van der Waals surface area (Å²) < 4.78 is 11.5. The van der Waals surface area contributed by atoms with Gasteiger partial charge in [0.1, 0.15) is 0 Å². The van der Waals surface area contributed by atoms with Crippen LogP contribution in [0.15, 0.2) is 24.3 Å². The van der Waals surface area contributed by atoms with Crippen LogP contribution in [-0.2, 0) is 9.47 Å². The summed E-state index contributed by atoms with van der Waals surface area (Å²) in [7, 11) is 0. The third-order valence-corrected chi connectivity index (χ3v) is 3.44. The summed E-state index contributed by atoms with van der Waals surface area (Å²) in [5.41, 5.74) is 0. The molecule has 3 nitrogen and oxygen atoms in total. The molecule has 0 aliphatic heterocycles. The van der Waals surface area contributed by atoms with E-state index in [2.05, 4.69) is 43.0 Å². The summed E-state index contributed by atoms with van der Waals surface area (Å²) in [5, 5.41) is 0. The first kappa shape index (κ1) is 21.9. The van der Waals surface area contributed by atoms with Gasteiger partial charge in [-0.15, -0.1) is 0 Å². The Morgan fingerprint density at radius 3 is 1.74 bits per heavy atom. The van der Waals surface area contributed by atoms with Gasteiger partial charge in [0.05, 0.1) is 19.6 Å². The van der Waals surface area contributed by atoms with Gasteiger partial charge in [-0.05, 0) is 25.7 Å². The zero-order valence-corrected chi connectivity index (χ0v) is 15.1. The summed E-state index contributed by atoms with van der Waals surface area (Å²) in [6.07, 6.45) is 18.3. The molecule has 0 radical (unpaired) electrons. The molecule has 0 spiro atoms. The van der Waals surface area contributed by atoms with Gasteiger partial charge in [-0.25, -0.2) is 6.57 Å². The molecule has 0 aliphatic rings. The predicted octanol–water partition coefficient (Wildman–Crippen LogP) is 5.93. The Bertz CT molecular complexity index is 307. The summed E-state index contributed by atoms with van der Waals surface area (Å²) in [6.45, 7) is 13.1. The number of nitrogens with zero attached hydrogens (tertiary/aromatic N) is 1. The predicted molar refractivity (Wildman–Crippen MR) is 98.3 cm³/mol. The van der Waals surface area contributed by atoms with Crippen LogP contribution >= 0.6 is 0 Å². The maximum absolute atomic E-state index is 6.90.